The van der Waals surface area contributed by atoms with E-state index >= 15 is 0 Å². The van der Waals surface area contributed by atoms with E-state index in [1.54, 1.807) is 12.3 Å². The van der Waals surface area contributed by atoms with Gasteiger partial charge < -0.3 is 94.3 Å². The van der Waals surface area contributed by atoms with Crippen molar-refractivity contribution in [2.45, 2.75) is 125 Å². The number of carbonyl (C=O) groups is 2. The first-order chi connectivity index (χ1) is 27.3. The van der Waals surface area contributed by atoms with Gasteiger partial charge in [0.1, 0.15) is 67.2 Å². The van der Waals surface area contributed by atoms with Crippen molar-refractivity contribution in [3.63, 3.8) is 0 Å². The zero-order chi connectivity index (χ0) is 41.6. The van der Waals surface area contributed by atoms with Crippen LogP contribution in [0.1, 0.15) is 25.5 Å². The Bertz CT molecular complexity index is 1380. The fourth-order valence-electron chi connectivity index (χ4n) is 6.04. The molecule has 3 saturated heterocycles. The number of hydrogen-bond acceptors (Lipinski definition) is 23. The van der Waals surface area contributed by atoms with Gasteiger partial charge in [-0.25, -0.2) is 0 Å². The van der Waals surface area contributed by atoms with Crippen molar-refractivity contribution in [3.8, 4) is 0 Å². The fraction of sp³-hybridized carbons (Fsp3) is 0.818. The van der Waals surface area contributed by atoms with E-state index in [0.717, 1.165) is 6.42 Å². The number of hydrogen-bond donors (Lipinski definition) is 11. The van der Waals surface area contributed by atoms with Gasteiger partial charge in [0.2, 0.25) is 6.29 Å². The highest BCUT2D eigenvalue weighted by atomic mass is 16.8. The maximum absolute atomic E-state index is 11.8. The van der Waals surface area contributed by atoms with Crippen molar-refractivity contribution in [1.82, 2.24) is 20.3 Å². The van der Waals surface area contributed by atoms with E-state index in [-0.39, 0.29) is 32.6 Å². The van der Waals surface area contributed by atoms with Crippen molar-refractivity contribution in [2.24, 2.45) is 5.92 Å². The molecule has 326 valence electrons. The van der Waals surface area contributed by atoms with Crippen LogP contribution in [-0.4, -0.2) is 210 Å². The van der Waals surface area contributed by atoms with Crippen molar-refractivity contribution in [2.75, 3.05) is 39.5 Å². The van der Waals surface area contributed by atoms with Crippen LogP contribution in [0.4, 0.5) is 0 Å². The van der Waals surface area contributed by atoms with Gasteiger partial charge in [0.15, 0.2) is 18.9 Å². The Morgan fingerprint density at radius 3 is 2.40 bits per heavy atom. The first-order valence-electron chi connectivity index (χ1n) is 18.3. The average molecular weight is 827 g/mol. The van der Waals surface area contributed by atoms with Crippen LogP contribution < -0.4 is 5.32 Å². The lowest BCUT2D eigenvalue weighted by atomic mass is 9.94. The number of allylic oxidation sites excluding steroid dienone is 1. The van der Waals surface area contributed by atoms with Crippen molar-refractivity contribution < 1.29 is 98.5 Å². The number of nitrogens with one attached hydrogen (secondary N) is 1. The molecule has 24 nitrogen and oxygen atoms in total. The molecule has 24 heteroatoms. The Morgan fingerprint density at radius 1 is 0.965 bits per heavy atom. The summed E-state index contributed by atoms with van der Waals surface area (Å²) < 4.78 is 44.6. The molecule has 0 saturated carbocycles. The van der Waals surface area contributed by atoms with Crippen LogP contribution in [0.2, 0.25) is 0 Å². The van der Waals surface area contributed by atoms with E-state index < -0.39 is 131 Å². The largest absolute Gasteiger partial charge is 0.459 e. The highest BCUT2D eigenvalue weighted by molar-refractivity contribution is 5.71. The van der Waals surface area contributed by atoms with Gasteiger partial charge in [-0.05, 0) is 6.42 Å². The Balaban J connectivity index is 1.24. The first kappa shape index (κ1) is 46.8. The molecule has 11 N–H and O–H groups in total. The Labute approximate surface area is 326 Å². The zero-order valence-corrected chi connectivity index (χ0v) is 31.0. The van der Waals surface area contributed by atoms with E-state index in [1.165, 1.54) is 4.68 Å². The van der Waals surface area contributed by atoms with Gasteiger partial charge in [-0.1, -0.05) is 24.3 Å². The lowest BCUT2D eigenvalue weighted by Gasteiger charge is -2.46. The zero-order valence-electron chi connectivity index (χ0n) is 31.0. The highest BCUT2D eigenvalue weighted by Gasteiger charge is 2.51. The minimum atomic E-state index is -1.87. The average Bonchev–Trinajstić information content (AvgIpc) is 3.66. The second-order valence-electron chi connectivity index (χ2n) is 13.5. The minimum absolute atomic E-state index is 0.0169. The van der Waals surface area contributed by atoms with Crippen LogP contribution in [0.25, 0.3) is 0 Å². The lowest BCUT2D eigenvalue weighted by Crippen LogP contribution is -2.63. The molecule has 0 bridgehead atoms. The molecule has 0 aliphatic carbocycles. The molecule has 4 rings (SSSR count). The maximum atomic E-state index is 11.8. The third-order valence-corrected chi connectivity index (χ3v) is 9.34. The Morgan fingerprint density at radius 2 is 1.70 bits per heavy atom. The molecule has 16 atom stereocenters. The topological polar surface area (TPSA) is 353 Å². The van der Waals surface area contributed by atoms with Crippen LogP contribution in [0.3, 0.4) is 0 Å². The summed E-state index contributed by atoms with van der Waals surface area (Å²) in [5.74, 6) is -1.66. The summed E-state index contributed by atoms with van der Waals surface area (Å²) >= 11 is 0. The molecule has 3 fully saturated rings. The normalized spacial score (nSPS) is 35.1. The predicted octanol–water partition coefficient (Wildman–Crippen LogP) is -6.52. The van der Waals surface area contributed by atoms with E-state index in [1.807, 2.05) is 13.0 Å². The highest BCUT2D eigenvalue weighted by Crippen LogP contribution is 2.32. The minimum Gasteiger partial charge on any atom is -0.459 e. The molecule has 0 amide bonds. The monoisotopic (exact) mass is 826 g/mol. The summed E-state index contributed by atoms with van der Waals surface area (Å²) in [4.78, 5) is 22.7. The van der Waals surface area contributed by atoms with Crippen molar-refractivity contribution >= 4 is 12.4 Å². The molecule has 3 aliphatic heterocycles. The summed E-state index contributed by atoms with van der Waals surface area (Å²) in [5.41, 5.74) is 0.433. The van der Waals surface area contributed by atoms with E-state index in [0.29, 0.717) is 12.2 Å². The molecular formula is C33H54N4O20. The van der Waals surface area contributed by atoms with Gasteiger partial charge in [-0.2, -0.15) is 0 Å². The van der Waals surface area contributed by atoms with Gasteiger partial charge in [0.05, 0.1) is 63.7 Å². The van der Waals surface area contributed by atoms with Crippen LogP contribution in [0.15, 0.2) is 18.3 Å². The molecular weight excluding hydrogens is 772 g/mol. The number of aromatic nitrogens is 3. The number of nitrogens with zero attached hydrogens (tertiary/aromatic N) is 3. The fourth-order valence-corrected chi connectivity index (χ4v) is 6.04. The number of aliphatic hydroxyl groups is 10. The molecule has 1 aromatic rings. The van der Waals surface area contributed by atoms with E-state index in [2.05, 4.69) is 15.6 Å². The second kappa shape index (κ2) is 23.1. The summed E-state index contributed by atoms with van der Waals surface area (Å²) in [6.45, 7) is -0.311. The Kier molecular flexibility index (Phi) is 18.9. The standard InChI is InChI=1S/C33H54N4O20/c1-2-3-4-5-22(43)50-12-16-9-37(36-35-16)7-6-34-8-18(41)24(45)20(11-39)54-31-28(49)26(47)21(14-52-31)55-33-29(25(46)19(42)13-51-33)56-32-27(48)23(44)17(10-38)30(57-32)53-15-40/h3-4,9,15,17-21,23-34,38-39,41-42,44-49H,2,5-8,10-14H2,1H3/b4-3+/t17-,18?,19+,20?,21+,23-,24?,25?,26+,27?,28?,29?,30?,31-,32-,33-/m0/s1. The molecule has 3 aliphatic rings. The SMILES string of the molecule is CC/C=C/CC(=O)OCc1cn(CCNCC(O)C(O)C(CO)O[C@@H]2OC[C@@H](O[C@@H]3OC[C@@H](O)C(O)C3O[C@H]3OC(OC=O)[C@@H](CO)[C@H](O)C3O)[C@@H](O)C2O)nn1. The maximum Gasteiger partial charge on any atom is 0.310 e. The van der Waals surface area contributed by atoms with Crippen molar-refractivity contribution in [3.05, 3.63) is 24.0 Å². The second-order valence-corrected chi connectivity index (χ2v) is 13.5. The van der Waals surface area contributed by atoms with Gasteiger partial charge in [-0.3, -0.25) is 14.3 Å². The van der Waals surface area contributed by atoms with Gasteiger partial charge >= 0.3 is 5.97 Å². The summed E-state index contributed by atoms with van der Waals surface area (Å²) in [6.07, 6.45) is -18.9. The summed E-state index contributed by atoms with van der Waals surface area (Å²) in [5, 5.41) is 115. The molecule has 8 unspecified atom stereocenters. The van der Waals surface area contributed by atoms with Crippen molar-refractivity contribution in [1.29, 1.82) is 0 Å². The molecule has 0 aromatic carbocycles. The summed E-state index contributed by atoms with van der Waals surface area (Å²) in [7, 11) is 0. The van der Waals surface area contributed by atoms with Gasteiger partial charge in [0.25, 0.3) is 6.47 Å². The molecule has 0 radical (unpaired) electrons. The first-order valence-corrected chi connectivity index (χ1v) is 18.3. The smallest absolute Gasteiger partial charge is 0.310 e. The number of rotatable bonds is 22. The number of ether oxygens (including phenoxy) is 8. The molecule has 4 heterocycles. The van der Waals surface area contributed by atoms with Gasteiger partial charge in [-0.15, -0.1) is 5.10 Å². The predicted molar refractivity (Wildman–Crippen MR) is 182 cm³/mol. The van der Waals surface area contributed by atoms with Crippen LogP contribution >= 0.6 is 0 Å². The molecule has 1 aromatic heterocycles. The van der Waals surface area contributed by atoms with E-state index in [9.17, 15) is 60.7 Å². The number of esters is 1. The number of aliphatic hydroxyl groups excluding tert-OH is 10. The van der Waals surface area contributed by atoms with Crippen LogP contribution in [-0.2, 0) is 60.6 Å². The van der Waals surface area contributed by atoms with E-state index in [4.69, 9.17) is 37.9 Å². The summed E-state index contributed by atoms with van der Waals surface area (Å²) in [6, 6.07) is 0. The van der Waals surface area contributed by atoms with Crippen LogP contribution in [0, 0.1) is 5.92 Å². The molecule has 57 heavy (non-hydrogen) atoms. The quantitative estimate of drug-likeness (QED) is 0.0224. The lowest BCUT2D eigenvalue weighted by molar-refractivity contribution is -0.384. The number of carbonyl (C=O) groups excluding carboxylic acids is 2. The van der Waals surface area contributed by atoms with Gasteiger partial charge in [0, 0.05) is 13.1 Å². The Hall–Kier alpha value is -2.86. The third-order valence-electron chi connectivity index (χ3n) is 9.34. The van der Waals surface area contributed by atoms with Crippen LogP contribution in [0.5, 0.6) is 0 Å². The molecule has 0 spiro atoms. The third kappa shape index (κ3) is 12.8.